The molecule has 3 aliphatic heterocycles. The molecule has 0 bridgehead atoms. The first-order valence-corrected chi connectivity index (χ1v) is 12.5. The Morgan fingerprint density at radius 3 is 2.33 bits per heavy atom. The molecule has 204 valence electrons. The monoisotopic (exact) mass is 542 g/mol. The quantitative estimate of drug-likeness (QED) is 0.596. The second kappa shape index (κ2) is 9.83. The molecule has 2 aromatic carbocycles. The molecule has 1 N–H and O–H groups in total. The highest BCUT2D eigenvalue weighted by atomic mass is 19.4. The van der Waals surface area contributed by atoms with Gasteiger partial charge in [-0.3, -0.25) is 34.2 Å². The number of benzene rings is 2. The number of carbonyl (C=O) groups excluding carboxylic acids is 5. The SMILES string of the molecule is CN(C(=O)c1cccc(C(F)(F)F)c1)C1CCN(c2cccc3c2C(=O)N(C2CCC(=O)NC2=O)C3=O)CC1. The van der Waals surface area contributed by atoms with Crippen LogP contribution in [0, 0.1) is 0 Å². The molecule has 0 saturated carbocycles. The Labute approximate surface area is 221 Å². The third-order valence-electron chi connectivity index (χ3n) is 7.56. The van der Waals surface area contributed by atoms with Gasteiger partial charge in [0.05, 0.1) is 22.4 Å². The van der Waals surface area contributed by atoms with Crippen LogP contribution < -0.4 is 10.2 Å². The summed E-state index contributed by atoms with van der Waals surface area (Å²) in [5.41, 5.74) is -0.0282. The number of imide groups is 2. The summed E-state index contributed by atoms with van der Waals surface area (Å²) in [5.74, 6) is -2.84. The molecule has 3 aliphatic rings. The summed E-state index contributed by atoms with van der Waals surface area (Å²) in [6, 6.07) is 7.92. The van der Waals surface area contributed by atoms with Crippen molar-refractivity contribution in [3.05, 3.63) is 64.7 Å². The van der Waals surface area contributed by atoms with Gasteiger partial charge in [0.1, 0.15) is 6.04 Å². The van der Waals surface area contributed by atoms with Crippen molar-refractivity contribution in [2.24, 2.45) is 0 Å². The van der Waals surface area contributed by atoms with Gasteiger partial charge in [-0.25, -0.2) is 0 Å². The predicted octanol–water partition coefficient (Wildman–Crippen LogP) is 2.85. The van der Waals surface area contributed by atoms with Crippen molar-refractivity contribution >= 4 is 35.2 Å². The van der Waals surface area contributed by atoms with Crippen LogP contribution in [-0.4, -0.2) is 71.6 Å². The third kappa shape index (κ3) is 4.75. The Morgan fingerprint density at radius 2 is 1.67 bits per heavy atom. The Bertz CT molecular complexity index is 1380. The number of rotatable bonds is 4. The molecule has 1 unspecified atom stereocenters. The van der Waals surface area contributed by atoms with E-state index in [4.69, 9.17) is 0 Å². The van der Waals surface area contributed by atoms with Crippen molar-refractivity contribution in [3.8, 4) is 0 Å². The zero-order chi connectivity index (χ0) is 28.1. The first-order valence-electron chi connectivity index (χ1n) is 12.5. The molecular formula is C27H25F3N4O5. The molecule has 12 heteroatoms. The van der Waals surface area contributed by atoms with Crippen LogP contribution in [0.25, 0.3) is 0 Å². The van der Waals surface area contributed by atoms with Crippen LogP contribution in [0.2, 0.25) is 0 Å². The fourth-order valence-electron chi connectivity index (χ4n) is 5.45. The predicted molar refractivity (Wildman–Crippen MR) is 132 cm³/mol. The molecule has 3 heterocycles. The molecular weight excluding hydrogens is 517 g/mol. The number of fused-ring (bicyclic) bond motifs is 1. The van der Waals surface area contributed by atoms with E-state index >= 15 is 0 Å². The average molecular weight is 543 g/mol. The molecule has 0 aliphatic carbocycles. The third-order valence-corrected chi connectivity index (χ3v) is 7.56. The highest BCUT2D eigenvalue weighted by Crippen LogP contribution is 2.36. The second-order valence-corrected chi connectivity index (χ2v) is 9.86. The van der Waals surface area contributed by atoms with E-state index in [1.54, 1.807) is 19.2 Å². The van der Waals surface area contributed by atoms with Crippen LogP contribution in [0.4, 0.5) is 18.9 Å². The molecule has 39 heavy (non-hydrogen) atoms. The number of hydrogen-bond acceptors (Lipinski definition) is 6. The zero-order valence-corrected chi connectivity index (χ0v) is 21.0. The molecule has 0 radical (unpaired) electrons. The van der Waals surface area contributed by atoms with Crippen molar-refractivity contribution in [2.75, 3.05) is 25.0 Å². The summed E-state index contributed by atoms with van der Waals surface area (Å²) in [7, 11) is 1.56. The van der Waals surface area contributed by atoms with E-state index in [1.807, 2.05) is 4.90 Å². The standard InChI is InChI=1S/C27H25F3N4O5/c1-32(24(37)15-4-2-5-16(14-15)27(28,29)30)17-10-12-33(13-11-17)19-7-3-6-18-22(19)26(39)34(25(18)38)20-8-9-21(35)31-23(20)36/h2-7,14,17,20H,8-13H2,1H3,(H,31,35,36). The molecule has 1 atom stereocenters. The Hall–Kier alpha value is -4.22. The van der Waals surface area contributed by atoms with E-state index in [0.29, 0.717) is 31.6 Å². The van der Waals surface area contributed by atoms with E-state index in [0.717, 1.165) is 17.0 Å². The normalized spacial score (nSPS) is 20.3. The van der Waals surface area contributed by atoms with Gasteiger partial charge in [0, 0.05) is 38.2 Å². The van der Waals surface area contributed by atoms with Gasteiger partial charge in [0.2, 0.25) is 11.8 Å². The summed E-state index contributed by atoms with van der Waals surface area (Å²) < 4.78 is 39.3. The van der Waals surface area contributed by atoms with Crippen molar-refractivity contribution in [3.63, 3.8) is 0 Å². The summed E-state index contributed by atoms with van der Waals surface area (Å²) >= 11 is 0. The number of carbonyl (C=O) groups is 5. The summed E-state index contributed by atoms with van der Waals surface area (Å²) in [5, 5.41) is 2.18. The smallest absolute Gasteiger partial charge is 0.371 e. The van der Waals surface area contributed by atoms with E-state index in [2.05, 4.69) is 5.32 Å². The van der Waals surface area contributed by atoms with Gasteiger partial charge in [0.25, 0.3) is 17.7 Å². The van der Waals surface area contributed by atoms with Crippen LogP contribution in [0.15, 0.2) is 42.5 Å². The van der Waals surface area contributed by atoms with E-state index in [-0.39, 0.29) is 35.6 Å². The van der Waals surface area contributed by atoms with Crippen LogP contribution in [0.5, 0.6) is 0 Å². The number of halogens is 3. The number of piperidine rings is 2. The lowest BCUT2D eigenvalue weighted by Crippen LogP contribution is -2.54. The average Bonchev–Trinajstić information content (AvgIpc) is 3.17. The molecule has 2 fully saturated rings. The number of alkyl halides is 3. The molecule has 5 rings (SSSR count). The molecule has 5 amide bonds. The number of nitrogens with zero attached hydrogens (tertiary/aromatic N) is 3. The maximum absolute atomic E-state index is 13.4. The van der Waals surface area contributed by atoms with E-state index < -0.39 is 47.3 Å². The molecule has 2 saturated heterocycles. The van der Waals surface area contributed by atoms with Gasteiger partial charge in [-0.05, 0) is 49.6 Å². The van der Waals surface area contributed by atoms with E-state index in [1.165, 1.54) is 23.1 Å². The summed E-state index contributed by atoms with van der Waals surface area (Å²) in [6.45, 7) is 0.864. The van der Waals surface area contributed by atoms with Crippen molar-refractivity contribution < 1.29 is 37.1 Å². The highest BCUT2D eigenvalue weighted by Gasteiger charge is 2.46. The zero-order valence-electron chi connectivity index (χ0n) is 21.0. The summed E-state index contributed by atoms with van der Waals surface area (Å²) in [4.78, 5) is 67.6. The Kier molecular flexibility index (Phi) is 6.65. The Balaban J connectivity index is 1.30. The lowest BCUT2D eigenvalue weighted by atomic mass is 9.99. The van der Waals surface area contributed by atoms with Gasteiger partial charge in [-0.1, -0.05) is 12.1 Å². The topological polar surface area (TPSA) is 107 Å². The summed E-state index contributed by atoms with van der Waals surface area (Å²) in [6.07, 6.45) is -3.49. The van der Waals surface area contributed by atoms with Crippen molar-refractivity contribution in [1.82, 2.24) is 15.1 Å². The van der Waals surface area contributed by atoms with Gasteiger partial charge in [-0.15, -0.1) is 0 Å². The van der Waals surface area contributed by atoms with Gasteiger partial charge < -0.3 is 9.80 Å². The van der Waals surface area contributed by atoms with Crippen LogP contribution in [0.3, 0.4) is 0 Å². The maximum atomic E-state index is 13.4. The van der Waals surface area contributed by atoms with E-state index in [9.17, 15) is 37.1 Å². The van der Waals surface area contributed by atoms with Crippen LogP contribution in [-0.2, 0) is 15.8 Å². The number of amides is 5. The number of hydrogen-bond donors (Lipinski definition) is 1. The Morgan fingerprint density at radius 1 is 0.974 bits per heavy atom. The molecule has 0 aromatic heterocycles. The molecule has 9 nitrogen and oxygen atoms in total. The fraction of sp³-hybridized carbons (Fsp3) is 0.370. The second-order valence-electron chi connectivity index (χ2n) is 9.86. The van der Waals surface area contributed by atoms with Crippen molar-refractivity contribution in [2.45, 2.75) is 43.9 Å². The minimum absolute atomic E-state index is 0.0247. The first-order chi connectivity index (χ1) is 18.5. The highest BCUT2D eigenvalue weighted by molar-refractivity contribution is 6.25. The lowest BCUT2D eigenvalue weighted by Gasteiger charge is -2.38. The van der Waals surface area contributed by atoms with Gasteiger partial charge in [-0.2, -0.15) is 13.2 Å². The van der Waals surface area contributed by atoms with Gasteiger partial charge in [0.15, 0.2) is 0 Å². The minimum Gasteiger partial charge on any atom is -0.371 e. The molecule has 0 spiro atoms. The maximum Gasteiger partial charge on any atom is 0.416 e. The molecule has 2 aromatic rings. The first kappa shape index (κ1) is 26.4. The fourth-order valence-corrected chi connectivity index (χ4v) is 5.45. The van der Waals surface area contributed by atoms with Crippen LogP contribution in [0.1, 0.15) is 62.3 Å². The minimum atomic E-state index is -4.55. The van der Waals surface area contributed by atoms with Gasteiger partial charge >= 0.3 is 6.18 Å². The largest absolute Gasteiger partial charge is 0.416 e. The lowest BCUT2D eigenvalue weighted by molar-refractivity contribution is -0.138. The van der Waals surface area contributed by atoms with Crippen LogP contribution >= 0.6 is 0 Å². The number of nitrogens with one attached hydrogen (secondary N) is 1. The van der Waals surface area contributed by atoms with Crippen molar-refractivity contribution in [1.29, 1.82) is 0 Å². The number of anilines is 1.